The third-order valence-electron chi connectivity index (χ3n) is 6.01. The van der Waals surface area contributed by atoms with Crippen molar-refractivity contribution >= 4 is 21.8 Å². The number of carbonyl (C=O) groups is 2. The molecule has 0 saturated carbocycles. The summed E-state index contributed by atoms with van der Waals surface area (Å²) >= 11 is 0. The van der Waals surface area contributed by atoms with Crippen LogP contribution in [-0.4, -0.2) is 62.2 Å². The van der Waals surface area contributed by atoms with Gasteiger partial charge in [0.25, 0.3) is 0 Å². The van der Waals surface area contributed by atoms with Crippen LogP contribution in [-0.2, 0) is 26.0 Å². The maximum Gasteiger partial charge on any atom is 0.242 e. The molecule has 0 unspecified atom stereocenters. The summed E-state index contributed by atoms with van der Waals surface area (Å²) < 4.78 is 26.8. The van der Waals surface area contributed by atoms with Crippen LogP contribution in [0.2, 0.25) is 0 Å². The van der Waals surface area contributed by atoms with Gasteiger partial charge >= 0.3 is 0 Å². The number of benzene rings is 2. The van der Waals surface area contributed by atoms with Gasteiger partial charge in [0.2, 0.25) is 21.8 Å². The molecule has 0 radical (unpaired) electrons. The first kappa shape index (κ1) is 28.5. The van der Waals surface area contributed by atoms with Crippen LogP contribution in [0.1, 0.15) is 51.5 Å². The van der Waals surface area contributed by atoms with Gasteiger partial charge in [-0.05, 0) is 43.4 Å². The molecular formula is C27H39N3O4S. The fraction of sp³-hybridized carbons (Fsp3) is 0.481. The molecule has 0 fully saturated rings. The minimum Gasteiger partial charge on any atom is -0.354 e. The second kappa shape index (κ2) is 14.6. The summed E-state index contributed by atoms with van der Waals surface area (Å²) in [7, 11) is -2.08. The van der Waals surface area contributed by atoms with Crippen LogP contribution in [0.4, 0.5) is 0 Å². The maximum absolute atomic E-state index is 13.3. The zero-order valence-electron chi connectivity index (χ0n) is 21.2. The van der Waals surface area contributed by atoms with Gasteiger partial charge in [0.1, 0.15) is 6.04 Å². The van der Waals surface area contributed by atoms with E-state index < -0.39 is 16.1 Å². The van der Waals surface area contributed by atoms with Crippen LogP contribution in [0, 0.1) is 0 Å². The Hall–Kier alpha value is -2.71. The van der Waals surface area contributed by atoms with Crippen molar-refractivity contribution in [1.29, 1.82) is 0 Å². The van der Waals surface area contributed by atoms with Gasteiger partial charge < -0.3 is 10.2 Å². The Morgan fingerprint density at radius 3 is 2.14 bits per heavy atom. The normalized spacial score (nSPS) is 12.3. The molecule has 1 atom stereocenters. The Morgan fingerprint density at radius 1 is 0.914 bits per heavy atom. The minimum absolute atomic E-state index is 0.133. The Labute approximate surface area is 210 Å². The van der Waals surface area contributed by atoms with E-state index in [1.807, 2.05) is 37.3 Å². The highest BCUT2D eigenvalue weighted by atomic mass is 32.2. The molecule has 0 heterocycles. The molecule has 8 heteroatoms. The lowest BCUT2D eigenvalue weighted by molar-refractivity contribution is -0.140. The highest BCUT2D eigenvalue weighted by Gasteiger charge is 2.28. The third kappa shape index (κ3) is 8.78. The molecule has 0 aliphatic carbocycles. The smallest absolute Gasteiger partial charge is 0.242 e. The Kier molecular flexibility index (Phi) is 11.9. The van der Waals surface area contributed by atoms with Crippen molar-refractivity contribution in [2.24, 2.45) is 0 Å². The second-order valence-electron chi connectivity index (χ2n) is 8.63. The maximum atomic E-state index is 13.3. The predicted molar refractivity (Wildman–Crippen MR) is 139 cm³/mol. The van der Waals surface area contributed by atoms with E-state index in [4.69, 9.17) is 0 Å². The van der Waals surface area contributed by atoms with E-state index >= 15 is 0 Å². The first-order chi connectivity index (χ1) is 16.8. The van der Waals surface area contributed by atoms with Gasteiger partial charge in [0.15, 0.2) is 0 Å². The number of nitrogens with one attached hydrogen (secondary N) is 1. The summed E-state index contributed by atoms with van der Waals surface area (Å²) in [5.74, 6) is -0.268. The lowest BCUT2D eigenvalue weighted by Gasteiger charge is -2.31. The molecule has 0 bridgehead atoms. The predicted octanol–water partition coefficient (Wildman–Crippen LogP) is 3.85. The van der Waals surface area contributed by atoms with E-state index in [0.717, 1.165) is 18.4 Å². The molecule has 7 nitrogen and oxygen atoms in total. The highest BCUT2D eigenvalue weighted by molar-refractivity contribution is 7.89. The van der Waals surface area contributed by atoms with E-state index in [0.29, 0.717) is 32.4 Å². The molecule has 0 aliphatic heterocycles. The summed E-state index contributed by atoms with van der Waals surface area (Å²) in [6.07, 6.45) is 3.57. The zero-order chi connectivity index (χ0) is 25.7. The van der Waals surface area contributed by atoms with Crippen molar-refractivity contribution in [2.45, 2.75) is 63.3 Å². The van der Waals surface area contributed by atoms with Gasteiger partial charge in [-0.3, -0.25) is 9.59 Å². The Balaban J connectivity index is 2.05. The quantitative estimate of drug-likeness (QED) is 0.376. The number of carbonyl (C=O) groups excluding carboxylic acids is 2. The molecule has 0 aromatic heterocycles. The topological polar surface area (TPSA) is 86.8 Å². The molecule has 0 aliphatic rings. The molecule has 2 amide bonds. The van der Waals surface area contributed by atoms with Gasteiger partial charge in [0.05, 0.1) is 4.90 Å². The standard InChI is InChI=1S/C27H39N3O4S/c1-4-6-20-28-27(32)25(5-2)30(22-19-23-14-9-7-10-15-23)26(31)18-13-21-29(3)35(33,34)24-16-11-8-12-17-24/h7-12,14-17,25H,4-6,13,18-22H2,1-3H3,(H,28,32)/t25-/m0/s1. The molecule has 2 aromatic rings. The second-order valence-corrected chi connectivity index (χ2v) is 10.7. The molecular weight excluding hydrogens is 462 g/mol. The number of hydrogen-bond acceptors (Lipinski definition) is 4. The van der Waals surface area contributed by atoms with Crippen molar-refractivity contribution < 1.29 is 18.0 Å². The van der Waals surface area contributed by atoms with E-state index in [2.05, 4.69) is 12.2 Å². The number of nitrogens with zero attached hydrogens (tertiary/aromatic N) is 2. The Bertz CT molecular complexity index is 1010. The van der Waals surface area contributed by atoms with Crippen molar-refractivity contribution in [2.75, 3.05) is 26.7 Å². The van der Waals surface area contributed by atoms with Crippen LogP contribution in [0.15, 0.2) is 65.6 Å². The molecule has 0 spiro atoms. The summed E-state index contributed by atoms with van der Waals surface area (Å²) in [6.45, 7) is 5.21. The molecule has 2 rings (SSSR count). The van der Waals surface area contributed by atoms with Gasteiger partial charge in [-0.25, -0.2) is 12.7 Å². The SMILES string of the molecule is CCCCNC(=O)[C@H](CC)N(CCc1ccccc1)C(=O)CCCN(C)S(=O)(=O)c1ccccc1. The van der Waals surface area contributed by atoms with E-state index in [9.17, 15) is 18.0 Å². The van der Waals surface area contributed by atoms with Crippen LogP contribution >= 0.6 is 0 Å². The van der Waals surface area contributed by atoms with Gasteiger partial charge in [-0.15, -0.1) is 0 Å². The van der Waals surface area contributed by atoms with Crippen molar-refractivity contribution in [3.63, 3.8) is 0 Å². The Morgan fingerprint density at radius 2 is 1.54 bits per heavy atom. The zero-order valence-corrected chi connectivity index (χ0v) is 22.0. The van der Waals surface area contributed by atoms with Crippen LogP contribution in [0.5, 0.6) is 0 Å². The molecule has 192 valence electrons. The summed E-state index contributed by atoms with van der Waals surface area (Å²) in [5.41, 5.74) is 1.10. The van der Waals surface area contributed by atoms with E-state index in [-0.39, 0.29) is 29.7 Å². The first-order valence-electron chi connectivity index (χ1n) is 12.4. The van der Waals surface area contributed by atoms with Gasteiger partial charge in [0, 0.05) is 33.1 Å². The summed E-state index contributed by atoms with van der Waals surface area (Å²) in [6, 6.07) is 17.6. The minimum atomic E-state index is -3.61. The lowest BCUT2D eigenvalue weighted by atomic mass is 10.1. The molecule has 35 heavy (non-hydrogen) atoms. The average molecular weight is 502 g/mol. The monoisotopic (exact) mass is 501 g/mol. The van der Waals surface area contributed by atoms with Crippen molar-refractivity contribution in [1.82, 2.24) is 14.5 Å². The van der Waals surface area contributed by atoms with Gasteiger partial charge in [-0.2, -0.15) is 0 Å². The first-order valence-corrected chi connectivity index (χ1v) is 13.9. The molecule has 0 saturated heterocycles. The van der Waals surface area contributed by atoms with Crippen LogP contribution < -0.4 is 5.32 Å². The average Bonchev–Trinajstić information content (AvgIpc) is 2.87. The summed E-state index contributed by atoms with van der Waals surface area (Å²) in [5, 5.41) is 2.96. The number of sulfonamides is 1. The largest absolute Gasteiger partial charge is 0.354 e. The highest BCUT2D eigenvalue weighted by Crippen LogP contribution is 2.16. The van der Waals surface area contributed by atoms with Crippen molar-refractivity contribution in [3.05, 3.63) is 66.2 Å². The number of rotatable bonds is 15. The number of unbranched alkanes of at least 4 members (excludes halogenated alkanes) is 1. The van der Waals surface area contributed by atoms with Crippen molar-refractivity contribution in [3.8, 4) is 0 Å². The fourth-order valence-corrected chi connectivity index (χ4v) is 5.12. The number of hydrogen-bond donors (Lipinski definition) is 1. The molecule has 1 N–H and O–H groups in total. The fourth-order valence-electron chi connectivity index (χ4n) is 3.89. The van der Waals surface area contributed by atoms with E-state index in [1.165, 1.54) is 11.4 Å². The number of amides is 2. The van der Waals surface area contributed by atoms with Crippen LogP contribution in [0.25, 0.3) is 0 Å². The molecule has 2 aromatic carbocycles. The summed E-state index contributed by atoms with van der Waals surface area (Å²) in [4.78, 5) is 28.1. The van der Waals surface area contributed by atoms with Crippen LogP contribution in [0.3, 0.4) is 0 Å². The lowest BCUT2D eigenvalue weighted by Crippen LogP contribution is -2.50. The third-order valence-corrected chi connectivity index (χ3v) is 7.89. The van der Waals surface area contributed by atoms with Gasteiger partial charge in [-0.1, -0.05) is 68.8 Å². The van der Waals surface area contributed by atoms with E-state index in [1.54, 1.807) is 35.2 Å².